The summed E-state index contributed by atoms with van der Waals surface area (Å²) in [6, 6.07) is 34.4. The molecule has 0 bridgehead atoms. The number of fused-ring (bicyclic) bond motifs is 4. The lowest BCUT2D eigenvalue weighted by Crippen LogP contribution is -2.23. The first-order valence-corrected chi connectivity index (χ1v) is 12.4. The summed E-state index contributed by atoms with van der Waals surface area (Å²) in [6.45, 7) is 8.40. The summed E-state index contributed by atoms with van der Waals surface area (Å²) >= 11 is 0. The number of benzene rings is 4. The molecule has 1 aliphatic heterocycles. The molecule has 38 heavy (non-hydrogen) atoms. The van der Waals surface area contributed by atoms with E-state index in [0.29, 0.717) is 23.9 Å². The zero-order chi connectivity index (χ0) is 25.6. The van der Waals surface area contributed by atoms with Crippen LogP contribution < -0.4 is 14.5 Å². The Balaban J connectivity index is 1.32. The van der Waals surface area contributed by atoms with Gasteiger partial charge >= 0.3 is 0 Å². The van der Waals surface area contributed by atoms with Gasteiger partial charge in [-0.15, -0.1) is 0 Å². The minimum atomic E-state index is 0.535. The van der Waals surface area contributed by atoms with E-state index in [-0.39, 0.29) is 0 Å². The maximum absolute atomic E-state index is 7.70. The molecule has 0 aliphatic carbocycles. The highest BCUT2D eigenvalue weighted by Gasteiger charge is 2.24. The van der Waals surface area contributed by atoms with Crippen LogP contribution in [0.2, 0.25) is 0 Å². The number of nitrogens with zero attached hydrogens (tertiary/aromatic N) is 5. The standard InChI is InChI=1S/C32H23N5O/c1-33-22-17-23(36-21-35(2)29-11-5-6-12-30(29)36)19-25(18-22)38-24-14-15-27-26-9-3-4-10-28(26)37(31(27)20-24)32-13-7-8-16-34-32/h3-20H,21H2,2H3. The monoisotopic (exact) mass is 493 g/mol. The number of para-hydroxylation sites is 3. The molecule has 0 N–H and O–H groups in total. The highest BCUT2D eigenvalue weighted by atomic mass is 16.5. The van der Waals surface area contributed by atoms with Gasteiger partial charge in [0.2, 0.25) is 0 Å². The Hall–Kier alpha value is -5.28. The minimum Gasteiger partial charge on any atom is -0.459 e. The lowest BCUT2D eigenvalue weighted by molar-refractivity contribution is 0.483. The van der Waals surface area contributed by atoms with Crippen molar-refractivity contribution in [1.29, 1.82) is 0 Å². The van der Waals surface area contributed by atoms with Crippen LogP contribution in [0.3, 0.4) is 0 Å². The molecule has 4 aromatic carbocycles. The minimum absolute atomic E-state index is 0.535. The average molecular weight is 494 g/mol. The summed E-state index contributed by atoms with van der Waals surface area (Å²) in [5.41, 5.74) is 5.84. The van der Waals surface area contributed by atoms with Gasteiger partial charge in [-0.1, -0.05) is 36.4 Å². The van der Waals surface area contributed by atoms with Crippen molar-refractivity contribution < 1.29 is 4.74 Å². The van der Waals surface area contributed by atoms with Crippen LogP contribution in [0.25, 0.3) is 32.5 Å². The Bertz CT molecular complexity index is 1870. The molecule has 0 saturated heterocycles. The van der Waals surface area contributed by atoms with Gasteiger partial charge in [-0.3, -0.25) is 4.57 Å². The normalized spacial score (nSPS) is 12.6. The highest BCUT2D eigenvalue weighted by Crippen LogP contribution is 2.43. The zero-order valence-electron chi connectivity index (χ0n) is 20.7. The van der Waals surface area contributed by atoms with Crippen LogP contribution in [0.1, 0.15) is 0 Å². The summed E-state index contributed by atoms with van der Waals surface area (Å²) in [6.07, 6.45) is 1.81. The molecule has 6 nitrogen and oxygen atoms in total. The molecular formula is C32H23N5O. The average Bonchev–Trinajstić information content (AvgIpc) is 3.48. The molecule has 0 spiro atoms. The Labute approximate surface area is 220 Å². The van der Waals surface area contributed by atoms with Crippen molar-refractivity contribution in [2.24, 2.45) is 0 Å². The lowest BCUT2D eigenvalue weighted by Gasteiger charge is -2.21. The van der Waals surface area contributed by atoms with Crippen LogP contribution in [-0.4, -0.2) is 23.3 Å². The Morgan fingerprint density at radius 2 is 1.55 bits per heavy atom. The van der Waals surface area contributed by atoms with Gasteiger partial charge in [0, 0.05) is 41.8 Å². The summed E-state index contributed by atoms with van der Waals surface area (Å²) in [5.74, 6) is 2.18. The molecule has 0 unspecified atom stereocenters. The number of aromatic nitrogens is 2. The number of pyridine rings is 1. The van der Waals surface area contributed by atoms with E-state index in [1.165, 1.54) is 0 Å². The van der Waals surface area contributed by atoms with Gasteiger partial charge < -0.3 is 14.5 Å². The van der Waals surface area contributed by atoms with Crippen LogP contribution in [0.15, 0.2) is 109 Å². The molecule has 182 valence electrons. The maximum Gasteiger partial charge on any atom is 0.192 e. The topological polar surface area (TPSA) is 37.9 Å². The number of anilines is 3. The van der Waals surface area contributed by atoms with E-state index in [9.17, 15) is 0 Å². The molecule has 3 heterocycles. The first-order valence-electron chi connectivity index (χ1n) is 12.4. The van der Waals surface area contributed by atoms with Gasteiger partial charge in [0.1, 0.15) is 17.3 Å². The van der Waals surface area contributed by atoms with Crippen molar-refractivity contribution in [3.63, 3.8) is 0 Å². The van der Waals surface area contributed by atoms with Gasteiger partial charge in [-0.25, -0.2) is 9.83 Å². The Kier molecular flexibility index (Phi) is 5.02. The van der Waals surface area contributed by atoms with Crippen LogP contribution in [0.5, 0.6) is 11.5 Å². The van der Waals surface area contributed by atoms with Crippen molar-refractivity contribution in [2.45, 2.75) is 0 Å². The quantitative estimate of drug-likeness (QED) is 0.233. The molecule has 0 radical (unpaired) electrons. The largest absolute Gasteiger partial charge is 0.459 e. The molecule has 0 saturated carbocycles. The summed E-state index contributed by atoms with van der Waals surface area (Å²) < 4.78 is 8.58. The number of hydrogen-bond donors (Lipinski definition) is 0. The smallest absolute Gasteiger partial charge is 0.192 e. The fourth-order valence-corrected chi connectivity index (χ4v) is 5.33. The third kappa shape index (κ3) is 3.53. The van der Waals surface area contributed by atoms with Crippen LogP contribution >= 0.6 is 0 Å². The molecule has 2 aromatic heterocycles. The number of hydrogen-bond acceptors (Lipinski definition) is 4. The van der Waals surface area contributed by atoms with Crippen LogP contribution in [0.4, 0.5) is 22.7 Å². The van der Waals surface area contributed by atoms with Gasteiger partial charge in [0.15, 0.2) is 5.69 Å². The maximum atomic E-state index is 7.70. The molecule has 0 amide bonds. The molecule has 6 aromatic rings. The molecule has 1 aliphatic rings. The Morgan fingerprint density at radius 3 is 2.39 bits per heavy atom. The summed E-state index contributed by atoms with van der Waals surface area (Å²) in [5, 5.41) is 2.29. The van der Waals surface area contributed by atoms with Crippen molar-refractivity contribution in [1.82, 2.24) is 9.55 Å². The fraction of sp³-hybridized carbons (Fsp3) is 0.0625. The molecule has 6 heteroatoms. The number of rotatable bonds is 4. The Morgan fingerprint density at radius 1 is 0.763 bits per heavy atom. The molecule has 0 fully saturated rings. The van der Waals surface area contributed by atoms with Gasteiger partial charge in [-0.2, -0.15) is 0 Å². The first kappa shape index (κ1) is 22.0. The van der Waals surface area contributed by atoms with Gasteiger partial charge in [0.25, 0.3) is 0 Å². The van der Waals surface area contributed by atoms with Crippen molar-refractivity contribution >= 4 is 44.6 Å². The predicted octanol–water partition coefficient (Wildman–Crippen LogP) is 8.07. The van der Waals surface area contributed by atoms with E-state index >= 15 is 0 Å². The summed E-state index contributed by atoms with van der Waals surface area (Å²) in [7, 11) is 2.07. The van der Waals surface area contributed by atoms with Crippen LogP contribution in [0, 0.1) is 6.57 Å². The fourth-order valence-electron chi connectivity index (χ4n) is 5.33. The number of ether oxygens (including phenoxy) is 1. The molecule has 0 atom stereocenters. The second-order valence-corrected chi connectivity index (χ2v) is 9.37. The third-order valence-corrected chi connectivity index (χ3v) is 7.01. The van der Waals surface area contributed by atoms with Crippen molar-refractivity contribution in [3.8, 4) is 17.3 Å². The third-order valence-electron chi connectivity index (χ3n) is 7.01. The van der Waals surface area contributed by atoms with Gasteiger partial charge in [-0.05, 0) is 54.6 Å². The van der Waals surface area contributed by atoms with E-state index in [0.717, 1.165) is 44.7 Å². The van der Waals surface area contributed by atoms with E-state index in [2.05, 4.69) is 67.6 Å². The van der Waals surface area contributed by atoms with E-state index in [1.54, 1.807) is 6.07 Å². The molecular weight excluding hydrogens is 470 g/mol. The van der Waals surface area contributed by atoms with E-state index in [1.807, 2.05) is 66.9 Å². The van der Waals surface area contributed by atoms with Crippen molar-refractivity contribution in [3.05, 3.63) is 121 Å². The SMILES string of the molecule is [C-]#[N+]c1cc(Oc2ccc3c4ccccc4n(-c4ccccn4)c3c2)cc(N2CN(C)c3ccccc32)c1. The van der Waals surface area contributed by atoms with Crippen LogP contribution in [-0.2, 0) is 0 Å². The molecule has 7 rings (SSSR count). The second kappa shape index (κ2) is 8.68. The predicted molar refractivity (Wildman–Crippen MR) is 153 cm³/mol. The second-order valence-electron chi connectivity index (χ2n) is 9.37. The van der Waals surface area contributed by atoms with Gasteiger partial charge in [0.05, 0.1) is 35.6 Å². The zero-order valence-corrected chi connectivity index (χ0v) is 20.7. The summed E-state index contributed by atoms with van der Waals surface area (Å²) in [4.78, 5) is 12.8. The van der Waals surface area contributed by atoms with Crippen molar-refractivity contribution in [2.75, 3.05) is 23.5 Å². The van der Waals surface area contributed by atoms with E-state index in [4.69, 9.17) is 11.3 Å². The van der Waals surface area contributed by atoms with E-state index < -0.39 is 0 Å². The highest BCUT2D eigenvalue weighted by molar-refractivity contribution is 6.09. The lowest BCUT2D eigenvalue weighted by atomic mass is 10.1. The first-order chi connectivity index (χ1) is 18.7.